The summed E-state index contributed by atoms with van der Waals surface area (Å²) in [7, 11) is 1.58. The number of nitrogens with zero attached hydrogens (tertiary/aromatic N) is 1. The molecule has 0 bridgehead atoms. The zero-order valence-electron chi connectivity index (χ0n) is 13.1. The molecule has 2 aromatic rings. The molecule has 4 nitrogen and oxygen atoms in total. The lowest BCUT2D eigenvalue weighted by molar-refractivity contribution is 0.0282. The van der Waals surface area contributed by atoms with Gasteiger partial charge in [-0.05, 0) is 19.4 Å². The van der Waals surface area contributed by atoms with E-state index in [-0.39, 0.29) is 12.5 Å². The molecule has 0 saturated carbocycles. The molecule has 22 heavy (non-hydrogen) atoms. The van der Waals surface area contributed by atoms with Crippen LogP contribution in [0.4, 0.5) is 0 Å². The second kappa shape index (κ2) is 6.94. The van der Waals surface area contributed by atoms with Crippen molar-refractivity contribution in [3.8, 4) is 5.75 Å². The van der Waals surface area contributed by atoms with Gasteiger partial charge in [0, 0.05) is 24.5 Å². The fourth-order valence-electron chi connectivity index (χ4n) is 2.16. The van der Waals surface area contributed by atoms with Crippen molar-refractivity contribution >= 4 is 17.2 Å². The molecule has 0 spiro atoms. The van der Waals surface area contributed by atoms with Gasteiger partial charge in [-0.15, -0.1) is 11.3 Å². The van der Waals surface area contributed by atoms with Gasteiger partial charge in [0.05, 0.1) is 17.6 Å². The maximum Gasteiger partial charge on any atom is 0.264 e. The van der Waals surface area contributed by atoms with E-state index < -0.39 is 5.60 Å². The smallest absolute Gasteiger partial charge is 0.264 e. The Bertz CT molecular complexity index is 616. The van der Waals surface area contributed by atoms with Gasteiger partial charge in [-0.2, -0.15) is 0 Å². The van der Waals surface area contributed by atoms with Crippen molar-refractivity contribution < 1.29 is 14.6 Å². The van der Waals surface area contributed by atoms with Gasteiger partial charge < -0.3 is 14.7 Å². The zero-order chi connectivity index (χ0) is 16.2. The molecular formula is C17H21NO3S. The highest BCUT2D eigenvalue weighted by Crippen LogP contribution is 2.24. The van der Waals surface area contributed by atoms with Crippen LogP contribution in [0, 0.1) is 0 Å². The fourth-order valence-corrected chi connectivity index (χ4v) is 2.99. The lowest BCUT2D eigenvalue weighted by atomic mass is 10.1. The highest BCUT2D eigenvalue weighted by molar-refractivity contribution is 7.12. The van der Waals surface area contributed by atoms with Gasteiger partial charge >= 0.3 is 0 Å². The average molecular weight is 319 g/mol. The van der Waals surface area contributed by atoms with E-state index in [0.29, 0.717) is 17.2 Å². The highest BCUT2D eigenvalue weighted by atomic mass is 32.1. The number of rotatable bonds is 6. The van der Waals surface area contributed by atoms with E-state index in [2.05, 4.69) is 0 Å². The Hall–Kier alpha value is -1.85. The second-order valence-corrected chi connectivity index (χ2v) is 6.72. The van der Waals surface area contributed by atoms with Gasteiger partial charge in [-0.25, -0.2) is 0 Å². The van der Waals surface area contributed by atoms with E-state index >= 15 is 0 Å². The molecule has 0 unspecified atom stereocenters. The van der Waals surface area contributed by atoms with Crippen LogP contribution in [0.25, 0.3) is 0 Å². The van der Waals surface area contributed by atoms with Gasteiger partial charge in [0.2, 0.25) is 0 Å². The summed E-state index contributed by atoms with van der Waals surface area (Å²) in [4.78, 5) is 15.0. The van der Waals surface area contributed by atoms with Crippen LogP contribution in [0.1, 0.15) is 29.1 Å². The first-order valence-corrected chi connectivity index (χ1v) is 7.95. The van der Waals surface area contributed by atoms with Gasteiger partial charge in [-0.3, -0.25) is 4.79 Å². The van der Waals surface area contributed by atoms with Crippen LogP contribution in [0.2, 0.25) is 0 Å². The van der Waals surface area contributed by atoms with Gasteiger partial charge in [0.1, 0.15) is 5.75 Å². The quantitative estimate of drug-likeness (QED) is 0.890. The molecule has 118 valence electrons. The number of aliphatic hydroxyl groups is 1. The zero-order valence-corrected chi connectivity index (χ0v) is 13.9. The summed E-state index contributed by atoms with van der Waals surface area (Å²) in [5.41, 5.74) is 0.0785. The maximum atomic E-state index is 12.7. The molecule has 0 aliphatic carbocycles. The second-order valence-electron chi connectivity index (χ2n) is 5.81. The van der Waals surface area contributed by atoms with Crippen LogP contribution in [-0.2, 0) is 6.54 Å². The SMILES string of the molecule is COc1csc(C(=O)N(Cc2ccccc2)CC(C)(C)O)c1. The monoisotopic (exact) mass is 319 g/mol. The molecule has 5 heteroatoms. The number of hydrogen-bond donors (Lipinski definition) is 1. The highest BCUT2D eigenvalue weighted by Gasteiger charge is 2.24. The Morgan fingerprint density at radius 3 is 2.55 bits per heavy atom. The van der Waals surface area contributed by atoms with Gasteiger partial charge in [0.25, 0.3) is 5.91 Å². The fraction of sp³-hybridized carbons (Fsp3) is 0.353. The first-order valence-electron chi connectivity index (χ1n) is 7.07. The van der Waals surface area contributed by atoms with Crippen LogP contribution < -0.4 is 4.74 Å². The van der Waals surface area contributed by atoms with E-state index in [9.17, 15) is 9.90 Å². The van der Waals surface area contributed by atoms with Gasteiger partial charge in [0.15, 0.2) is 0 Å². The third-order valence-electron chi connectivity index (χ3n) is 3.10. The Morgan fingerprint density at radius 2 is 2.00 bits per heavy atom. The Kier molecular flexibility index (Phi) is 5.21. The summed E-state index contributed by atoms with van der Waals surface area (Å²) in [6.45, 7) is 4.13. The third-order valence-corrected chi connectivity index (χ3v) is 4.00. The van der Waals surface area contributed by atoms with Crippen molar-refractivity contribution in [2.45, 2.75) is 26.0 Å². The molecule has 0 radical (unpaired) electrons. The lowest BCUT2D eigenvalue weighted by Crippen LogP contribution is -2.41. The average Bonchev–Trinajstić information content (AvgIpc) is 2.94. The maximum absolute atomic E-state index is 12.7. The number of hydrogen-bond acceptors (Lipinski definition) is 4. The molecule has 0 atom stereocenters. The van der Waals surface area contributed by atoms with Gasteiger partial charge in [-0.1, -0.05) is 30.3 Å². The molecule has 1 aromatic heterocycles. The van der Waals surface area contributed by atoms with Crippen molar-refractivity contribution in [3.63, 3.8) is 0 Å². The van der Waals surface area contributed by atoms with E-state index in [1.165, 1.54) is 11.3 Å². The van der Waals surface area contributed by atoms with E-state index in [4.69, 9.17) is 4.74 Å². The summed E-state index contributed by atoms with van der Waals surface area (Å²) in [5, 5.41) is 11.9. The van der Waals surface area contributed by atoms with Crippen LogP contribution >= 0.6 is 11.3 Å². The molecule has 0 aliphatic heterocycles. The minimum atomic E-state index is -0.953. The molecule has 1 N–H and O–H groups in total. The summed E-state index contributed by atoms with van der Waals surface area (Å²) in [5.74, 6) is 0.579. The van der Waals surface area contributed by atoms with Crippen molar-refractivity contribution in [1.29, 1.82) is 0 Å². The topological polar surface area (TPSA) is 49.8 Å². The summed E-state index contributed by atoms with van der Waals surface area (Å²) in [6.07, 6.45) is 0. The molecule has 0 fully saturated rings. The van der Waals surface area contributed by atoms with Crippen LogP contribution in [0.3, 0.4) is 0 Å². The summed E-state index contributed by atoms with van der Waals surface area (Å²) < 4.78 is 5.13. The molecule has 1 aromatic carbocycles. The van der Waals surface area contributed by atoms with E-state index in [0.717, 1.165) is 5.56 Å². The first-order chi connectivity index (χ1) is 10.4. The number of benzene rings is 1. The Labute approximate surface area is 135 Å². The van der Waals surface area contributed by atoms with Crippen LogP contribution in [0.15, 0.2) is 41.8 Å². The minimum Gasteiger partial charge on any atom is -0.496 e. The number of thiophene rings is 1. The number of methoxy groups -OCH3 is 1. The van der Waals surface area contributed by atoms with Crippen LogP contribution in [0.5, 0.6) is 5.75 Å². The molecule has 0 aliphatic rings. The lowest BCUT2D eigenvalue weighted by Gasteiger charge is -2.29. The first kappa shape index (κ1) is 16.5. The number of amides is 1. The molecule has 1 amide bonds. The molecule has 2 rings (SSSR count). The van der Waals surface area contributed by atoms with Crippen molar-refractivity contribution in [2.75, 3.05) is 13.7 Å². The predicted molar refractivity (Wildman–Crippen MR) is 88.4 cm³/mol. The summed E-state index contributed by atoms with van der Waals surface area (Å²) >= 11 is 1.35. The van der Waals surface area contributed by atoms with E-state index in [1.54, 1.807) is 37.3 Å². The molecule has 0 saturated heterocycles. The third kappa shape index (κ3) is 4.58. The van der Waals surface area contributed by atoms with E-state index in [1.807, 2.05) is 30.3 Å². The molecule has 1 heterocycles. The largest absolute Gasteiger partial charge is 0.496 e. The van der Waals surface area contributed by atoms with Crippen LogP contribution in [-0.4, -0.2) is 35.2 Å². The minimum absolute atomic E-state index is 0.0979. The number of carbonyl (C=O) groups is 1. The van der Waals surface area contributed by atoms with Crippen molar-refractivity contribution in [3.05, 3.63) is 52.2 Å². The number of carbonyl (C=O) groups excluding carboxylic acids is 1. The predicted octanol–water partition coefficient (Wildman–Crippen LogP) is 3.17. The van der Waals surface area contributed by atoms with Crippen molar-refractivity contribution in [2.24, 2.45) is 0 Å². The summed E-state index contributed by atoms with van der Waals surface area (Å²) in [6, 6.07) is 11.5. The number of ether oxygens (including phenoxy) is 1. The normalized spacial score (nSPS) is 11.3. The Balaban J connectivity index is 2.21. The molecular weight excluding hydrogens is 298 g/mol. The van der Waals surface area contributed by atoms with Crippen molar-refractivity contribution in [1.82, 2.24) is 4.90 Å². The Morgan fingerprint density at radius 1 is 1.32 bits per heavy atom. The standard InChI is InChI=1S/C17H21NO3S/c1-17(2,20)12-18(10-13-7-5-4-6-8-13)16(19)15-9-14(21-3)11-22-15/h4-9,11,20H,10,12H2,1-3H3.